The lowest BCUT2D eigenvalue weighted by atomic mass is 9.60. The van der Waals surface area contributed by atoms with Gasteiger partial charge in [0.25, 0.3) is 0 Å². The highest BCUT2D eigenvalue weighted by Crippen LogP contribution is 2.72. The minimum absolute atomic E-state index is 0.205. The SMILES string of the molecule is CC12CCC(C1)C(C)(C)C2(O)C(F)(F)Br. The maximum Gasteiger partial charge on any atom is 0.330 e. The second-order valence-corrected chi connectivity index (χ2v) is 6.93. The first kappa shape index (κ1) is 11.8. The van der Waals surface area contributed by atoms with Crippen LogP contribution in [0.5, 0.6) is 0 Å². The predicted molar refractivity (Wildman–Crippen MR) is 58.1 cm³/mol. The van der Waals surface area contributed by atoms with Crippen LogP contribution in [0.15, 0.2) is 0 Å². The molecule has 0 aromatic rings. The summed E-state index contributed by atoms with van der Waals surface area (Å²) in [6.45, 7) is 5.31. The quantitative estimate of drug-likeness (QED) is 0.730. The average Bonchev–Trinajstić information content (AvgIpc) is 2.50. The highest BCUT2D eigenvalue weighted by molar-refractivity contribution is 9.10. The Labute approximate surface area is 97.4 Å². The predicted octanol–water partition coefficient (Wildman–Crippen LogP) is 3.55. The summed E-state index contributed by atoms with van der Waals surface area (Å²) >= 11 is 2.39. The van der Waals surface area contributed by atoms with Gasteiger partial charge in [0.15, 0.2) is 0 Å². The van der Waals surface area contributed by atoms with E-state index in [4.69, 9.17) is 0 Å². The molecule has 1 nitrogen and oxygen atoms in total. The molecule has 4 heteroatoms. The second-order valence-electron chi connectivity index (χ2n) is 5.93. The van der Waals surface area contributed by atoms with Crippen molar-refractivity contribution in [3.8, 4) is 0 Å². The van der Waals surface area contributed by atoms with E-state index in [0.717, 1.165) is 6.42 Å². The van der Waals surface area contributed by atoms with Crippen LogP contribution in [0.25, 0.3) is 0 Å². The van der Waals surface area contributed by atoms with Gasteiger partial charge in [0.1, 0.15) is 5.60 Å². The molecule has 2 fully saturated rings. The van der Waals surface area contributed by atoms with Gasteiger partial charge in [0, 0.05) is 10.8 Å². The normalized spacial score (nSPS) is 48.6. The largest absolute Gasteiger partial charge is 0.381 e. The van der Waals surface area contributed by atoms with Crippen LogP contribution < -0.4 is 0 Å². The van der Waals surface area contributed by atoms with Crippen molar-refractivity contribution < 1.29 is 13.9 Å². The Hall–Kier alpha value is 0.300. The molecule has 2 aliphatic carbocycles. The fourth-order valence-corrected chi connectivity index (χ4v) is 4.96. The summed E-state index contributed by atoms with van der Waals surface area (Å²) in [5.41, 5.74) is -3.32. The molecule has 0 aromatic heterocycles. The van der Waals surface area contributed by atoms with Crippen LogP contribution in [-0.2, 0) is 0 Å². The van der Waals surface area contributed by atoms with Gasteiger partial charge in [-0.05, 0) is 41.1 Å². The molecular formula is C11H17BrF2O. The van der Waals surface area contributed by atoms with Crippen molar-refractivity contribution in [3.05, 3.63) is 0 Å². The molecule has 0 amide bonds. The van der Waals surface area contributed by atoms with E-state index < -0.39 is 21.3 Å². The van der Waals surface area contributed by atoms with Crippen LogP contribution in [0, 0.1) is 16.7 Å². The van der Waals surface area contributed by atoms with Gasteiger partial charge in [-0.1, -0.05) is 20.8 Å². The van der Waals surface area contributed by atoms with E-state index in [-0.39, 0.29) is 5.92 Å². The lowest BCUT2D eigenvalue weighted by molar-refractivity contribution is -0.232. The molecule has 2 rings (SSSR count). The zero-order chi connectivity index (χ0) is 11.7. The van der Waals surface area contributed by atoms with E-state index in [2.05, 4.69) is 15.9 Å². The minimum Gasteiger partial charge on any atom is -0.381 e. The van der Waals surface area contributed by atoms with E-state index in [9.17, 15) is 13.9 Å². The average molecular weight is 283 g/mol. The third-order valence-electron chi connectivity index (χ3n) is 4.98. The van der Waals surface area contributed by atoms with Gasteiger partial charge in [-0.15, -0.1) is 0 Å². The molecule has 0 heterocycles. The Morgan fingerprint density at radius 2 is 1.87 bits per heavy atom. The van der Waals surface area contributed by atoms with Crippen LogP contribution in [0.4, 0.5) is 8.78 Å². The van der Waals surface area contributed by atoms with E-state index in [0.29, 0.717) is 12.8 Å². The third kappa shape index (κ3) is 1.10. The summed E-state index contributed by atoms with van der Waals surface area (Å²) < 4.78 is 27.4. The molecule has 0 aromatic carbocycles. The number of halogens is 3. The van der Waals surface area contributed by atoms with Gasteiger partial charge < -0.3 is 5.11 Å². The Bertz CT molecular complexity index is 293. The van der Waals surface area contributed by atoms with Crippen molar-refractivity contribution in [1.29, 1.82) is 0 Å². The first-order valence-corrected chi connectivity index (χ1v) is 6.15. The first-order chi connectivity index (χ1) is 6.56. The highest BCUT2D eigenvalue weighted by Gasteiger charge is 2.76. The lowest BCUT2D eigenvalue weighted by Crippen LogP contribution is -2.62. The molecule has 88 valence electrons. The third-order valence-corrected chi connectivity index (χ3v) is 5.55. The summed E-state index contributed by atoms with van der Waals surface area (Å²) in [5, 5.41) is 10.5. The summed E-state index contributed by atoms with van der Waals surface area (Å²) in [6, 6.07) is 0. The first-order valence-electron chi connectivity index (χ1n) is 5.35. The topological polar surface area (TPSA) is 20.2 Å². The van der Waals surface area contributed by atoms with Crippen LogP contribution in [0.1, 0.15) is 40.0 Å². The highest BCUT2D eigenvalue weighted by atomic mass is 79.9. The molecule has 2 bridgehead atoms. The molecule has 15 heavy (non-hydrogen) atoms. The van der Waals surface area contributed by atoms with Crippen molar-refractivity contribution in [3.63, 3.8) is 0 Å². The van der Waals surface area contributed by atoms with Crippen LogP contribution in [0.2, 0.25) is 0 Å². The van der Waals surface area contributed by atoms with Crippen molar-refractivity contribution in [2.45, 2.75) is 50.5 Å². The lowest BCUT2D eigenvalue weighted by Gasteiger charge is -2.52. The molecule has 0 aliphatic heterocycles. The molecule has 0 spiro atoms. The van der Waals surface area contributed by atoms with Crippen molar-refractivity contribution in [2.75, 3.05) is 0 Å². The van der Waals surface area contributed by atoms with Crippen LogP contribution in [0.3, 0.4) is 0 Å². The van der Waals surface area contributed by atoms with E-state index in [1.54, 1.807) is 20.8 Å². The molecule has 3 atom stereocenters. The Kier molecular flexibility index (Phi) is 2.16. The molecule has 2 aliphatic rings. The Morgan fingerprint density at radius 1 is 1.33 bits per heavy atom. The van der Waals surface area contributed by atoms with Crippen molar-refractivity contribution in [2.24, 2.45) is 16.7 Å². The number of fused-ring (bicyclic) bond motifs is 2. The summed E-state index contributed by atoms with van der Waals surface area (Å²) in [4.78, 5) is -3.21. The molecular weight excluding hydrogens is 266 g/mol. The monoisotopic (exact) mass is 282 g/mol. The number of rotatable bonds is 1. The van der Waals surface area contributed by atoms with E-state index in [1.165, 1.54) is 0 Å². The van der Waals surface area contributed by atoms with E-state index in [1.807, 2.05) is 0 Å². The summed E-state index contributed by atoms with van der Waals surface area (Å²) in [7, 11) is 0. The Balaban J connectivity index is 2.55. The molecule has 0 saturated heterocycles. The smallest absolute Gasteiger partial charge is 0.330 e. The number of aliphatic hydroxyl groups is 1. The van der Waals surface area contributed by atoms with Gasteiger partial charge in [-0.25, -0.2) is 0 Å². The van der Waals surface area contributed by atoms with Gasteiger partial charge in [0.2, 0.25) is 0 Å². The van der Waals surface area contributed by atoms with E-state index >= 15 is 0 Å². The van der Waals surface area contributed by atoms with Gasteiger partial charge >= 0.3 is 4.83 Å². The zero-order valence-corrected chi connectivity index (χ0v) is 10.9. The van der Waals surface area contributed by atoms with Gasteiger partial charge in [0.05, 0.1) is 0 Å². The van der Waals surface area contributed by atoms with Crippen molar-refractivity contribution in [1.82, 2.24) is 0 Å². The van der Waals surface area contributed by atoms with Gasteiger partial charge in [-0.2, -0.15) is 8.78 Å². The summed E-state index contributed by atoms with van der Waals surface area (Å²) in [6.07, 6.45) is 2.35. The standard InChI is InChI=1S/C11H17BrF2O/c1-8(2)7-4-5-9(3,6-7)10(8,15)11(12,13)14/h7,15H,4-6H2,1-3H3. The fraction of sp³-hybridized carbons (Fsp3) is 1.00. The number of alkyl halides is 3. The maximum absolute atomic E-state index is 13.7. The van der Waals surface area contributed by atoms with Gasteiger partial charge in [-0.3, -0.25) is 0 Å². The van der Waals surface area contributed by atoms with Crippen LogP contribution in [-0.4, -0.2) is 15.5 Å². The molecule has 0 radical (unpaired) electrons. The molecule has 2 saturated carbocycles. The summed E-state index contributed by atoms with van der Waals surface area (Å²) in [5.74, 6) is 0.205. The van der Waals surface area contributed by atoms with Crippen LogP contribution >= 0.6 is 15.9 Å². The Morgan fingerprint density at radius 3 is 2.13 bits per heavy atom. The fourth-order valence-electron chi connectivity index (χ4n) is 3.97. The number of hydrogen-bond donors (Lipinski definition) is 1. The molecule has 3 unspecified atom stereocenters. The van der Waals surface area contributed by atoms with Crippen molar-refractivity contribution >= 4 is 15.9 Å². The zero-order valence-electron chi connectivity index (χ0n) is 9.28. The number of hydrogen-bond acceptors (Lipinski definition) is 1. The minimum atomic E-state index is -3.21. The maximum atomic E-state index is 13.7. The molecule has 1 N–H and O–H groups in total. The second kappa shape index (κ2) is 2.76.